The van der Waals surface area contributed by atoms with Gasteiger partial charge in [-0.1, -0.05) is 52.5 Å². The maximum Gasteiger partial charge on any atom is 0.261 e. The van der Waals surface area contributed by atoms with Gasteiger partial charge in [-0.3, -0.25) is 9.59 Å². The average Bonchev–Trinajstić information content (AvgIpc) is 2.66. The summed E-state index contributed by atoms with van der Waals surface area (Å²) in [5, 5.41) is 4.34. The molecule has 162 valence electrons. The Kier molecular flexibility index (Phi) is 9.10. The number of hydrogen-bond acceptors (Lipinski definition) is 3. The van der Waals surface area contributed by atoms with Crippen molar-refractivity contribution in [1.82, 2.24) is 10.2 Å². The molecule has 2 rings (SSSR count). The van der Waals surface area contributed by atoms with Crippen molar-refractivity contribution >= 4 is 58.2 Å². The Morgan fingerprint density at radius 2 is 1.67 bits per heavy atom. The van der Waals surface area contributed by atoms with E-state index in [9.17, 15) is 9.59 Å². The minimum absolute atomic E-state index is 0.0639. The van der Waals surface area contributed by atoms with Crippen LogP contribution in [0.3, 0.4) is 0 Å². The number of ether oxygens (including phenoxy) is 1. The van der Waals surface area contributed by atoms with Crippen LogP contribution in [0.2, 0.25) is 20.1 Å². The van der Waals surface area contributed by atoms with E-state index in [2.05, 4.69) is 5.32 Å². The molecule has 1 atom stereocenters. The molecule has 0 bridgehead atoms. The minimum Gasteiger partial charge on any atom is -0.482 e. The molecule has 2 amide bonds. The summed E-state index contributed by atoms with van der Waals surface area (Å²) in [6.07, 6.45) is 0. The van der Waals surface area contributed by atoms with Gasteiger partial charge < -0.3 is 15.0 Å². The summed E-state index contributed by atoms with van der Waals surface area (Å²) >= 11 is 24.1. The van der Waals surface area contributed by atoms with Crippen LogP contribution >= 0.6 is 46.4 Å². The first-order valence-corrected chi connectivity index (χ1v) is 10.7. The summed E-state index contributed by atoms with van der Waals surface area (Å²) in [6, 6.07) is 8.96. The molecule has 9 heteroatoms. The molecule has 0 aliphatic rings. The Morgan fingerprint density at radius 3 is 2.27 bits per heavy atom. The second-order valence-corrected chi connectivity index (χ2v) is 8.63. The van der Waals surface area contributed by atoms with E-state index in [-0.39, 0.29) is 30.1 Å². The van der Waals surface area contributed by atoms with Gasteiger partial charge in [0.2, 0.25) is 5.91 Å². The quantitative estimate of drug-likeness (QED) is 0.521. The monoisotopic (exact) mass is 490 g/mol. The van der Waals surface area contributed by atoms with Crippen molar-refractivity contribution < 1.29 is 14.3 Å². The fraction of sp³-hybridized carbons (Fsp3) is 0.333. The summed E-state index contributed by atoms with van der Waals surface area (Å²) < 4.78 is 5.57. The van der Waals surface area contributed by atoms with Gasteiger partial charge in [-0.05, 0) is 56.7 Å². The summed E-state index contributed by atoms with van der Waals surface area (Å²) in [5.74, 6) is -0.343. The van der Waals surface area contributed by atoms with Crippen molar-refractivity contribution in [1.29, 1.82) is 0 Å². The number of benzene rings is 2. The zero-order valence-corrected chi connectivity index (χ0v) is 19.7. The van der Waals surface area contributed by atoms with Crippen LogP contribution in [-0.4, -0.2) is 35.4 Å². The summed E-state index contributed by atoms with van der Waals surface area (Å²) in [6.45, 7) is 5.20. The van der Waals surface area contributed by atoms with Crippen LogP contribution in [0.1, 0.15) is 26.3 Å². The highest BCUT2D eigenvalue weighted by atomic mass is 35.5. The third-order valence-corrected chi connectivity index (χ3v) is 5.45. The molecule has 2 aromatic rings. The standard InChI is InChI=1S/C21H22Cl4N2O3/c1-12(2)26-21(29)13(3)27(10-14-4-6-16(23)17(24)8-14)20(28)11-30-19-7-5-15(22)9-18(19)25/h4-9,12-13H,10-11H2,1-3H3,(H,26,29)/t13-/m1/s1. The number of rotatable bonds is 8. The SMILES string of the molecule is CC(C)NC(=O)[C@@H](C)N(Cc1ccc(Cl)c(Cl)c1)C(=O)COc1ccc(Cl)cc1Cl. The van der Waals surface area contributed by atoms with E-state index in [0.29, 0.717) is 20.8 Å². The molecule has 2 aromatic carbocycles. The van der Waals surface area contributed by atoms with E-state index < -0.39 is 11.9 Å². The highest BCUT2D eigenvalue weighted by Crippen LogP contribution is 2.28. The summed E-state index contributed by atoms with van der Waals surface area (Å²) in [5.41, 5.74) is 0.728. The van der Waals surface area contributed by atoms with Gasteiger partial charge in [0.1, 0.15) is 11.8 Å². The van der Waals surface area contributed by atoms with Crippen LogP contribution in [0.15, 0.2) is 36.4 Å². The van der Waals surface area contributed by atoms with Crippen molar-refractivity contribution in [3.63, 3.8) is 0 Å². The van der Waals surface area contributed by atoms with Crippen LogP contribution < -0.4 is 10.1 Å². The summed E-state index contributed by atoms with van der Waals surface area (Å²) in [4.78, 5) is 26.9. The fourth-order valence-corrected chi connectivity index (χ4v) is 3.42. The second-order valence-electron chi connectivity index (χ2n) is 6.97. The van der Waals surface area contributed by atoms with Gasteiger partial charge >= 0.3 is 0 Å². The molecule has 0 fully saturated rings. The van der Waals surface area contributed by atoms with Gasteiger partial charge in [0.15, 0.2) is 6.61 Å². The van der Waals surface area contributed by atoms with Crippen LogP contribution in [0.4, 0.5) is 0 Å². The molecule has 0 aromatic heterocycles. The number of nitrogens with zero attached hydrogens (tertiary/aromatic N) is 1. The molecule has 0 heterocycles. The molecule has 0 radical (unpaired) electrons. The Balaban J connectivity index is 2.20. The van der Waals surface area contributed by atoms with E-state index >= 15 is 0 Å². The number of halogens is 4. The van der Waals surface area contributed by atoms with E-state index in [1.807, 2.05) is 13.8 Å². The molecule has 0 saturated carbocycles. The van der Waals surface area contributed by atoms with Gasteiger partial charge in [-0.25, -0.2) is 0 Å². The van der Waals surface area contributed by atoms with Gasteiger partial charge in [-0.2, -0.15) is 0 Å². The highest BCUT2D eigenvalue weighted by Gasteiger charge is 2.27. The Bertz CT molecular complexity index is 921. The zero-order valence-electron chi connectivity index (χ0n) is 16.7. The molecule has 0 aliphatic heterocycles. The third-order valence-electron chi connectivity index (χ3n) is 4.18. The molecule has 0 spiro atoms. The maximum atomic E-state index is 13.0. The van der Waals surface area contributed by atoms with E-state index in [1.165, 1.54) is 11.0 Å². The van der Waals surface area contributed by atoms with E-state index in [0.717, 1.165) is 5.56 Å². The minimum atomic E-state index is -0.737. The number of hydrogen-bond donors (Lipinski definition) is 1. The number of nitrogens with one attached hydrogen (secondary N) is 1. The van der Waals surface area contributed by atoms with Crippen molar-refractivity contribution in [3.8, 4) is 5.75 Å². The lowest BCUT2D eigenvalue weighted by Gasteiger charge is -2.29. The fourth-order valence-electron chi connectivity index (χ4n) is 2.64. The van der Waals surface area contributed by atoms with Crippen molar-refractivity contribution in [2.75, 3.05) is 6.61 Å². The Hall–Kier alpha value is -1.66. The molecule has 0 saturated heterocycles. The zero-order chi connectivity index (χ0) is 22.4. The topological polar surface area (TPSA) is 58.6 Å². The first-order valence-electron chi connectivity index (χ1n) is 9.20. The van der Waals surface area contributed by atoms with Crippen LogP contribution in [0, 0.1) is 0 Å². The third kappa shape index (κ3) is 6.95. The van der Waals surface area contributed by atoms with Crippen LogP contribution in [-0.2, 0) is 16.1 Å². The van der Waals surface area contributed by atoms with Crippen molar-refractivity contribution in [2.45, 2.75) is 39.4 Å². The smallest absolute Gasteiger partial charge is 0.261 e. The average molecular weight is 492 g/mol. The van der Waals surface area contributed by atoms with Crippen LogP contribution in [0.25, 0.3) is 0 Å². The lowest BCUT2D eigenvalue weighted by Crippen LogP contribution is -2.50. The molecular formula is C21H22Cl4N2O3. The largest absolute Gasteiger partial charge is 0.482 e. The number of carbonyl (C=O) groups is 2. The molecular weight excluding hydrogens is 470 g/mol. The molecule has 1 N–H and O–H groups in total. The number of amides is 2. The summed E-state index contributed by atoms with van der Waals surface area (Å²) in [7, 11) is 0. The van der Waals surface area contributed by atoms with Crippen molar-refractivity contribution in [2.24, 2.45) is 0 Å². The van der Waals surface area contributed by atoms with Crippen molar-refractivity contribution in [3.05, 3.63) is 62.1 Å². The lowest BCUT2D eigenvalue weighted by molar-refractivity contribution is -0.142. The second kappa shape index (κ2) is 11.1. The van der Waals surface area contributed by atoms with E-state index in [4.69, 9.17) is 51.1 Å². The van der Waals surface area contributed by atoms with Gasteiger partial charge in [0, 0.05) is 17.6 Å². The van der Waals surface area contributed by atoms with Gasteiger partial charge in [-0.15, -0.1) is 0 Å². The predicted octanol–water partition coefficient (Wildman–Crippen LogP) is 5.62. The molecule has 30 heavy (non-hydrogen) atoms. The van der Waals surface area contributed by atoms with E-state index in [1.54, 1.807) is 37.3 Å². The Labute approximate surface area is 196 Å². The van der Waals surface area contributed by atoms with Gasteiger partial charge in [0.25, 0.3) is 5.91 Å². The van der Waals surface area contributed by atoms with Gasteiger partial charge in [0.05, 0.1) is 15.1 Å². The first-order chi connectivity index (χ1) is 14.1. The lowest BCUT2D eigenvalue weighted by atomic mass is 10.1. The Morgan fingerprint density at radius 1 is 0.967 bits per heavy atom. The number of carbonyl (C=O) groups excluding carboxylic acids is 2. The normalized spacial score (nSPS) is 11.9. The molecule has 5 nitrogen and oxygen atoms in total. The highest BCUT2D eigenvalue weighted by molar-refractivity contribution is 6.42. The molecule has 0 aliphatic carbocycles. The molecule has 0 unspecified atom stereocenters. The van der Waals surface area contributed by atoms with Crippen LogP contribution in [0.5, 0.6) is 5.75 Å². The maximum absolute atomic E-state index is 13.0. The predicted molar refractivity (Wildman–Crippen MR) is 122 cm³/mol. The first kappa shape index (κ1) is 24.6.